The van der Waals surface area contributed by atoms with E-state index in [9.17, 15) is 4.79 Å². The van der Waals surface area contributed by atoms with Crippen molar-refractivity contribution in [2.75, 3.05) is 19.6 Å². The standard InChI is InChI=1S/C16H29N3O2/c1-7-19(8-2)15(20)17-11-9-10-13-12(3)18-14(21-13)16(4,5)6/h7-11H2,1-6H3,(H,17,20). The van der Waals surface area contributed by atoms with Crippen LogP contribution in [0, 0.1) is 6.92 Å². The van der Waals surface area contributed by atoms with Crippen molar-refractivity contribution in [3.05, 3.63) is 17.3 Å². The summed E-state index contributed by atoms with van der Waals surface area (Å²) in [5.74, 6) is 1.71. The Balaban J connectivity index is 2.43. The number of carbonyl (C=O) groups excluding carboxylic acids is 1. The van der Waals surface area contributed by atoms with E-state index in [1.54, 1.807) is 4.90 Å². The molecule has 0 aliphatic rings. The lowest BCUT2D eigenvalue weighted by atomic mass is 9.97. The number of hydrogen-bond acceptors (Lipinski definition) is 3. The quantitative estimate of drug-likeness (QED) is 0.819. The average molecular weight is 295 g/mol. The van der Waals surface area contributed by atoms with Crippen LogP contribution in [0.1, 0.15) is 58.4 Å². The number of urea groups is 1. The monoisotopic (exact) mass is 295 g/mol. The van der Waals surface area contributed by atoms with Crippen LogP contribution in [0.5, 0.6) is 0 Å². The molecule has 1 N–H and O–H groups in total. The van der Waals surface area contributed by atoms with Crippen LogP contribution >= 0.6 is 0 Å². The number of nitrogens with zero attached hydrogens (tertiary/aromatic N) is 2. The second-order valence-corrected chi connectivity index (χ2v) is 6.29. The number of hydrogen-bond donors (Lipinski definition) is 1. The first-order valence-corrected chi connectivity index (χ1v) is 7.79. The van der Waals surface area contributed by atoms with Gasteiger partial charge in [0.25, 0.3) is 0 Å². The number of aryl methyl sites for hydroxylation is 2. The molecule has 1 heterocycles. The van der Waals surface area contributed by atoms with Crippen molar-refractivity contribution in [2.24, 2.45) is 0 Å². The smallest absolute Gasteiger partial charge is 0.317 e. The molecule has 0 atom stereocenters. The van der Waals surface area contributed by atoms with Crippen LogP contribution in [0.3, 0.4) is 0 Å². The van der Waals surface area contributed by atoms with Gasteiger partial charge in [-0.05, 0) is 27.2 Å². The maximum absolute atomic E-state index is 11.8. The van der Waals surface area contributed by atoms with E-state index >= 15 is 0 Å². The van der Waals surface area contributed by atoms with Crippen molar-refractivity contribution < 1.29 is 9.21 Å². The van der Waals surface area contributed by atoms with Gasteiger partial charge in [-0.2, -0.15) is 0 Å². The Hall–Kier alpha value is -1.52. The molecule has 1 rings (SSSR count). The summed E-state index contributed by atoms with van der Waals surface area (Å²) in [6.45, 7) is 14.3. The molecule has 0 radical (unpaired) electrons. The van der Waals surface area contributed by atoms with Crippen molar-refractivity contribution in [3.8, 4) is 0 Å². The molecule has 0 aliphatic carbocycles. The van der Waals surface area contributed by atoms with E-state index in [0.717, 1.165) is 43.3 Å². The molecule has 1 aromatic heterocycles. The van der Waals surface area contributed by atoms with E-state index in [1.165, 1.54) is 0 Å². The van der Waals surface area contributed by atoms with Gasteiger partial charge in [0, 0.05) is 31.5 Å². The molecule has 0 saturated carbocycles. The first-order valence-electron chi connectivity index (χ1n) is 7.79. The van der Waals surface area contributed by atoms with Crippen molar-refractivity contribution in [1.82, 2.24) is 15.2 Å². The SMILES string of the molecule is CCN(CC)C(=O)NCCCc1oc(C(C)(C)C)nc1C. The Kier molecular flexibility index (Phi) is 6.24. The van der Waals surface area contributed by atoms with E-state index in [4.69, 9.17) is 4.42 Å². The highest BCUT2D eigenvalue weighted by Crippen LogP contribution is 2.24. The van der Waals surface area contributed by atoms with Crippen LogP contribution in [0.15, 0.2) is 4.42 Å². The van der Waals surface area contributed by atoms with E-state index in [0.29, 0.717) is 6.54 Å². The Morgan fingerprint density at radius 1 is 1.29 bits per heavy atom. The topological polar surface area (TPSA) is 58.4 Å². The number of rotatable bonds is 6. The first kappa shape index (κ1) is 17.5. The van der Waals surface area contributed by atoms with Crippen LogP contribution in [-0.2, 0) is 11.8 Å². The molecule has 0 unspecified atom stereocenters. The summed E-state index contributed by atoms with van der Waals surface area (Å²) >= 11 is 0. The molecule has 0 bridgehead atoms. The van der Waals surface area contributed by atoms with Gasteiger partial charge in [-0.3, -0.25) is 0 Å². The lowest BCUT2D eigenvalue weighted by Crippen LogP contribution is -2.40. The molecule has 0 saturated heterocycles. The third-order valence-electron chi connectivity index (χ3n) is 3.44. The fraction of sp³-hybridized carbons (Fsp3) is 0.750. The summed E-state index contributed by atoms with van der Waals surface area (Å²) in [6.07, 6.45) is 1.65. The van der Waals surface area contributed by atoms with Crippen molar-refractivity contribution >= 4 is 6.03 Å². The lowest BCUT2D eigenvalue weighted by Gasteiger charge is -2.19. The summed E-state index contributed by atoms with van der Waals surface area (Å²) in [5, 5.41) is 2.94. The van der Waals surface area contributed by atoms with Gasteiger partial charge in [0.05, 0.1) is 5.69 Å². The fourth-order valence-electron chi connectivity index (χ4n) is 2.05. The van der Waals surface area contributed by atoms with Crippen LogP contribution in [0.4, 0.5) is 4.79 Å². The summed E-state index contributed by atoms with van der Waals surface area (Å²) in [4.78, 5) is 18.1. The molecule has 1 aromatic rings. The Morgan fingerprint density at radius 2 is 1.90 bits per heavy atom. The minimum absolute atomic E-state index is 0.00433. The fourth-order valence-corrected chi connectivity index (χ4v) is 2.05. The largest absolute Gasteiger partial charge is 0.445 e. The van der Waals surface area contributed by atoms with Crippen LogP contribution in [0.25, 0.3) is 0 Å². The van der Waals surface area contributed by atoms with Gasteiger partial charge in [-0.15, -0.1) is 0 Å². The summed E-state index contributed by atoms with van der Waals surface area (Å²) in [6, 6.07) is 0.00433. The second kappa shape index (κ2) is 7.48. The predicted octanol–water partition coefficient (Wildman–Crippen LogP) is 3.26. The molecular weight excluding hydrogens is 266 g/mol. The van der Waals surface area contributed by atoms with Crippen molar-refractivity contribution in [3.63, 3.8) is 0 Å². The van der Waals surface area contributed by atoms with Gasteiger partial charge in [0.2, 0.25) is 0 Å². The van der Waals surface area contributed by atoms with Gasteiger partial charge in [-0.25, -0.2) is 9.78 Å². The van der Waals surface area contributed by atoms with E-state index in [-0.39, 0.29) is 11.4 Å². The highest BCUT2D eigenvalue weighted by molar-refractivity contribution is 5.73. The van der Waals surface area contributed by atoms with Gasteiger partial charge in [0.15, 0.2) is 5.89 Å². The van der Waals surface area contributed by atoms with Crippen LogP contribution in [0.2, 0.25) is 0 Å². The zero-order valence-corrected chi connectivity index (χ0v) is 14.2. The predicted molar refractivity (Wildman–Crippen MR) is 84.6 cm³/mol. The highest BCUT2D eigenvalue weighted by atomic mass is 16.4. The van der Waals surface area contributed by atoms with E-state index in [1.807, 2.05) is 20.8 Å². The normalized spacial score (nSPS) is 11.5. The minimum Gasteiger partial charge on any atom is -0.445 e. The molecule has 120 valence electrons. The molecule has 0 fully saturated rings. The van der Waals surface area contributed by atoms with Crippen LogP contribution in [-0.4, -0.2) is 35.5 Å². The number of nitrogens with one attached hydrogen (secondary N) is 1. The van der Waals surface area contributed by atoms with E-state index < -0.39 is 0 Å². The maximum Gasteiger partial charge on any atom is 0.317 e. The maximum atomic E-state index is 11.8. The number of aromatic nitrogens is 1. The Morgan fingerprint density at radius 3 is 2.38 bits per heavy atom. The summed E-state index contributed by atoms with van der Waals surface area (Å²) in [5.41, 5.74) is 0.884. The van der Waals surface area contributed by atoms with Gasteiger partial charge < -0.3 is 14.6 Å². The van der Waals surface area contributed by atoms with Gasteiger partial charge in [-0.1, -0.05) is 20.8 Å². The zero-order valence-electron chi connectivity index (χ0n) is 14.2. The molecule has 21 heavy (non-hydrogen) atoms. The average Bonchev–Trinajstić information content (AvgIpc) is 2.77. The molecule has 0 aliphatic heterocycles. The van der Waals surface area contributed by atoms with Crippen molar-refractivity contribution in [2.45, 2.75) is 59.8 Å². The van der Waals surface area contributed by atoms with Crippen molar-refractivity contribution in [1.29, 1.82) is 0 Å². The molecule has 5 heteroatoms. The molecule has 2 amide bonds. The molecule has 0 spiro atoms. The molecule has 0 aromatic carbocycles. The summed E-state index contributed by atoms with van der Waals surface area (Å²) in [7, 11) is 0. The first-order chi connectivity index (χ1) is 9.79. The molecule has 5 nitrogen and oxygen atoms in total. The number of amides is 2. The third-order valence-corrected chi connectivity index (χ3v) is 3.44. The van der Waals surface area contributed by atoms with Gasteiger partial charge >= 0.3 is 6.03 Å². The number of carbonyl (C=O) groups is 1. The zero-order chi connectivity index (χ0) is 16.0. The lowest BCUT2D eigenvalue weighted by molar-refractivity contribution is 0.203. The Labute approximate surface area is 128 Å². The highest BCUT2D eigenvalue weighted by Gasteiger charge is 2.22. The summed E-state index contributed by atoms with van der Waals surface area (Å²) < 4.78 is 5.84. The molecular formula is C16H29N3O2. The minimum atomic E-state index is -0.0695. The number of oxazole rings is 1. The van der Waals surface area contributed by atoms with Gasteiger partial charge in [0.1, 0.15) is 5.76 Å². The Bertz CT molecular complexity index is 457. The van der Waals surface area contributed by atoms with Crippen LogP contribution < -0.4 is 5.32 Å². The second-order valence-electron chi connectivity index (χ2n) is 6.29. The van der Waals surface area contributed by atoms with E-state index in [2.05, 4.69) is 31.1 Å². The third kappa shape index (κ3) is 5.06.